The number of nitrogens with one attached hydrogen (secondary N) is 2. The van der Waals surface area contributed by atoms with E-state index in [-0.39, 0.29) is 17.9 Å². The molecular weight excluding hydrogens is 340 g/mol. The number of carbonyl (C=O) groups is 2. The number of carbonyl (C=O) groups excluding carboxylic acids is 2. The van der Waals surface area contributed by atoms with Crippen LogP contribution in [0.15, 0.2) is 54.6 Å². The van der Waals surface area contributed by atoms with Crippen molar-refractivity contribution in [1.82, 2.24) is 5.32 Å². The highest BCUT2D eigenvalue weighted by molar-refractivity contribution is 5.95. The second kappa shape index (κ2) is 8.71. The number of anilines is 1. The third-order valence-corrected chi connectivity index (χ3v) is 5.09. The number of para-hydroxylation sites is 1. The van der Waals surface area contributed by atoms with Crippen molar-refractivity contribution in [1.29, 1.82) is 0 Å². The van der Waals surface area contributed by atoms with Gasteiger partial charge >= 0.3 is 6.09 Å². The van der Waals surface area contributed by atoms with Crippen LogP contribution in [0.3, 0.4) is 0 Å². The number of ether oxygens (including phenoxy) is 1. The molecule has 0 saturated heterocycles. The van der Waals surface area contributed by atoms with Crippen LogP contribution in [0.2, 0.25) is 0 Å². The van der Waals surface area contributed by atoms with Crippen molar-refractivity contribution in [2.45, 2.75) is 44.6 Å². The molecule has 1 aliphatic heterocycles. The summed E-state index contributed by atoms with van der Waals surface area (Å²) in [4.78, 5) is 24.3. The molecule has 1 unspecified atom stereocenters. The van der Waals surface area contributed by atoms with E-state index in [1.807, 2.05) is 48.5 Å². The molecule has 2 aromatic carbocycles. The Balaban J connectivity index is 1.60. The summed E-state index contributed by atoms with van der Waals surface area (Å²) in [6.45, 7) is 2.84. The van der Waals surface area contributed by atoms with Gasteiger partial charge in [-0.2, -0.15) is 0 Å². The Bertz CT molecular complexity index is 791. The molecule has 0 spiro atoms. The van der Waals surface area contributed by atoms with Crippen molar-refractivity contribution in [3.8, 4) is 0 Å². The molecule has 2 amide bonds. The van der Waals surface area contributed by atoms with Gasteiger partial charge in [-0.1, -0.05) is 61.9 Å². The quantitative estimate of drug-likeness (QED) is 0.764. The maximum atomic E-state index is 12.2. The highest BCUT2D eigenvalue weighted by Gasteiger charge is 2.38. The van der Waals surface area contributed by atoms with Crippen LogP contribution in [0.25, 0.3) is 0 Å². The Morgan fingerprint density at radius 1 is 1.11 bits per heavy atom. The van der Waals surface area contributed by atoms with Crippen LogP contribution in [0.5, 0.6) is 0 Å². The van der Waals surface area contributed by atoms with E-state index >= 15 is 0 Å². The number of alkyl carbamates (subject to hydrolysis) is 1. The second-order valence-electron chi connectivity index (χ2n) is 7.04. The van der Waals surface area contributed by atoms with E-state index in [9.17, 15) is 9.59 Å². The summed E-state index contributed by atoms with van der Waals surface area (Å²) < 4.78 is 5.27. The molecule has 0 aliphatic carbocycles. The molecule has 0 saturated carbocycles. The predicted molar refractivity (Wildman–Crippen MR) is 106 cm³/mol. The van der Waals surface area contributed by atoms with Gasteiger partial charge in [-0.25, -0.2) is 4.79 Å². The Morgan fingerprint density at radius 3 is 2.63 bits per heavy atom. The van der Waals surface area contributed by atoms with E-state index in [1.165, 1.54) is 0 Å². The van der Waals surface area contributed by atoms with Crippen molar-refractivity contribution >= 4 is 17.7 Å². The monoisotopic (exact) mass is 366 g/mol. The lowest BCUT2D eigenvalue weighted by Crippen LogP contribution is -2.40. The molecule has 3 rings (SSSR count). The fraction of sp³-hybridized carbons (Fsp3) is 0.364. The molecular formula is C22H26N2O3. The van der Waals surface area contributed by atoms with Gasteiger partial charge in [0, 0.05) is 24.1 Å². The molecule has 1 atom stereocenters. The predicted octanol–water partition coefficient (Wildman–Crippen LogP) is 4.38. The number of fused-ring (bicyclic) bond motifs is 1. The maximum Gasteiger partial charge on any atom is 0.407 e. The van der Waals surface area contributed by atoms with Crippen LogP contribution in [-0.2, 0) is 21.6 Å². The zero-order chi connectivity index (χ0) is 19.1. The first-order valence-electron chi connectivity index (χ1n) is 9.47. The minimum atomic E-state index is -0.431. The zero-order valence-corrected chi connectivity index (χ0v) is 15.7. The highest BCUT2D eigenvalue weighted by Crippen LogP contribution is 2.43. The summed E-state index contributed by atoms with van der Waals surface area (Å²) in [5, 5.41) is 5.80. The topological polar surface area (TPSA) is 67.4 Å². The second-order valence-corrected chi connectivity index (χ2v) is 7.04. The van der Waals surface area contributed by atoms with Gasteiger partial charge in [0.25, 0.3) is 0 Å². The SMILES string of the molecule is CCCC1(CCNC(=O)OCc2ccccc2)CC(=O)Nc2ccccc21. The van der Waals surface area contributed by atoms with Gasteiger partial charge in [0.15, 0.2) is 0 Å². The molecule has 1 heterocycles. The summed E-state index contributed by atoms with van der Waals surface area (Å²) in [6, 6.07) is 17.5. The third-order valence-electron chi connectivity index (χ3n) is 5.09. The van der Waals surface area contributed by atoms with Gasteiger partial charge in [-0.15, -0.1) is 0 Å². The Morgan fingerprint density at radius 2 is 1.85 bits per heavy atom. The van der Waals surface area contributed by atoms with E-state index in [4.69, 9.17) is 4.74 Å². The van der Waals surface area contributed by atoms with Gasteiger partial charge < -0.3 is 15.4 Å². The summed E-state index contributed by atoms with van der Waals surface area (Å²) >= 11 is 0. The lowest BCUT2D eigenvalue weighted by molar-refractivity contribution is -0.118. The fourth-order valence-electron chi connectivity index (χ4n) is 3.88. The van der Waals surface area contributed by atoms with E-state index in [0.717, 1.165) is 29.7 Å². The molecule has 0 radical (unpaired) electrons. The van der Waals surface area contributed by atoms with Crippen molar-refractivity contribution < 1.29 is 14.3 Å². The molecule has 2 aromatic rings. The summed E-state index contributed by atoms with van der Waals surface area (Å²) in [5.41, 5.74) is 2.74. The number of hydrogen-bond acceptors (Lipinski definition) is 3. The molecule has 2 N–H and O–H groups in total. The van der Waals surface area contributed by atoms with Crippen LogP contribution in [0.1, 0.15) is 43.7 Å². The lowest BCUT2D eigenvalue weighted by atomic mass is 9.69. The summed E-state index contributed by atoms with van der Waals surface area (Å²) in [7, 11) is 0. The summed E-state index contributed by atoms with van der Waals surface area (Å²) in [5.74, 6) is 0.0359. The molecule has 142 valence electrons. The zero-order valence-electron chi connectivity index (χ0n) is 15.7. The van der Waals surface area contributed by atoms with Crippen LogP contribution in [0, 0.1) is 0 Å². The normalized spacial score (nSPS) is 18.3. The molecule has 27 heavy (non-hydrogen) atoms. The molecule has 5 nitrogen and oxygen atoms in total. The summed E-state index contributed by atoms with van der Waals surface area (Å²) in [6.07, 6.45) is 2.58. The average Bonchev–Trinajstić information content (AvgIpc) is 2.67. The van der Waals surface area contributed by atoms with E-state index in [1.54, 1.807) is 0 Å². The van der Waals surface area contributed by atoms with Gasteiger partial charge in [0.1, 0.15) is 6.61 Å². The Kier molecular flexibility index (Phi) is 6.12. The first-order chi connectivity index (χ1) is 13.1. The maximum absolute atomic E-state index is 12.2. The molecule has 1 aliphatic rings. The van der Waals surface area contributed by atoms with Crippen molar-refractivity contribution in [2.24, 2.45) is 0 Å². The van der Waals surface area contributed by atoms with Crippen LogP contribution >= 0.6 is 0 Å². The van der Waals surface area contributed by atoms with Gasteiger partial charge in [0.2, 0.25) is 5.91 Å². The highest BCUT2D eigenvalue weighted by atomic mass is 16.5. The van der Waals surface area contributed by atoms with Gasteiger partial charge in [-0.3, -0.25) is 4.79 Å². The number of amides is 2. The molecule has 0 aromatic heterocycles. The van der Waals surface area contributed by atoms with Crippen LogP contribution in [0.4, 0.5) is 10.5 Å². The standard InChI is InChI=1S/C22H26N2O3/c1-2-12-22(15-20(25)24-19-11-7-6-10-18(19)22)13-14-23-21(26)27-16-17-8-4-3-5-9-17/h3-11H,2,12-16H2,1H3,(H,23,26)(H,24,25). The lowest BCUT2D eigenvalue weighted by Gasteiger charge is -2.39. The van der Waals surface area contributed by atoms with Gasteiger partial charge in [0.05, 0.1) is 0 Å². The molecule has 0 bridgehead atoms. The number of rotatable bonds is 7. The van der Waals surface area contributed by atoms with E-state index in [0.29, 0.717) is 19.4 Å². The third kappa shape index (κ3) is 4.67. The first-order valence-corrected chi connectivity index (χ1v) is 9.47. The minimum absolute atomic E-state index is 0.0359. The Labute approximate surface area is 160 Å². The largest absolute Gasteiger partial charge is 0.445 e. The minimum Gasteiger partial charge on any atom is -0.445 e. The molecule has 0 fully saturated rings. The fourth-order valence-corrected chi connectivity index (χ4v) is 3.88. The van der Waals surface area contributed by atoms with Crippen LogP contribution < -0.4 is 10.6 Å². The van der Waals surface area contributed by atoms with Crippen LogP contribution in [-0.4, -0.2) is 18.5 Å². The van der Waals surface area contributed by atoms with Crippen molar-refractivity contribution in [3.05, 3.63) is 65.7 Å². The molecule has 5 heteroatoms. The van der Waals surface area contributed by atoms with E-state index < -0.39 is 6.09 Å². The van der Waals surface area contributed by atoms with Gasteiger partial charge in [-0.05, 0) is 30.0 Å². The average molecular weight is 366 g/mol. The van der Waals surface area contributed by atoms with Crippen molar-refractivity contribution in [3.63, 3.8) is 0 Å². The van der Waals surface area contributed by atoms with E-state index in [2.05, 4.69) is 23.6 Å². The smallest absolute Gasteiger partial charge is 0.407 e. The number of benzene rings is 2. The number of hydrogen-bond donors (Lipinski definition) is 2. The van der Waals surface area contributed by atoms with Crippen molar-refractivity contribution in [2.75, 3.05) is 11.9 Å². The Hall–Kier alpha value is -2.82. The first kappa shape index (κ1) is 19.0.